The fraction of sp³-hybridized carbons (Fsp3) is 0.571. The smallest absolute Gasteiger partial charge is 0.0551 e. The van der Waals surface area contributed by atoms with Gasteiger partial charge in [-0.1, -0.05) is 30.1 Å². The molecule has 1 saturated heterocycles. The summed E-state index contributed by atoms with van der Waals surface area (Å²) in [5.74, 6) is 0.455. The van der Waals surface area contributed by atoms with Gasteiger partial charge in [-0.05, 0) is 43.7 Å². The zero-order valence-electron chi connectivity index (χ0n) is 10.7. The topological polar surface area (TPSA) is 21.3 Å². The van der Waals surface area contributed by atoms with E-state index in [-0.39, 0.29) is 6.04 Å². The van der Waals surface area contributed by atoms with Gasteiger partial charge in [0.15, 0.2) is 0 Å². The van der Waals surface area contributed by atoms with Crippen LogP contribution in [0.1, 0.15) is 31.9 Å². The molecule has 1 N–H and O–H groups in total. The standard InChI is InChI=1S/C14H19Cl2NO/c1-3-17-14(10-6-9(2)18-8-10)12-7-11(15)4-5-13(12)16/h4-5,7,9-10,14,17H,3,6,8H2,1-2H3. The summed E-state index contributed by atoms with van der Waals surface area (Å²) in [5, 5.41) is 5.00. The molecule has 1 aromatic rings. The highest BCUT2D eigenvalue weighted by Crippen LogP contribution is 2.36. The maximum atomic E-state index is 6.30. The molecule has 1 fully saturated rings. The third-order valence-electron chi connectivity index (χ3n) is 3.42. The first-order valence-electron chi connectivity index (χ1n) is 6.41. The van der Waals surface area contributed by atoms with Crippen molar-refractivity contribution in [3.63, 3.8) is 0 Å². The first kappa shape index (κ1) is 14.1. The molecule has 0 aliphatic carbocycles. The lowest BCUT2D eigenvalue weighted by Crippen LogP contribution is -2.29. The van der Waals surface area contributed by atoms with E-state index in [0.29, 0.717) is 12.0 Å². The van der Waals surface area contributed by atoms with Crippen LogP contribution >= 0.6 is 23.2 Å². The lowest BCUT2D eigenvalue weighted by Gasteiger charge is -2.25. The van der Waals surface area contributed by atoms with E-state index in [1.807, 2.05) is 18.2 Å². The Bertz CT molecular complexity index is 411. The third kappa shape index (κ3) is 3.18. The average Bonchev–Trinajstić information content (AvgIpc) is 2.76. The van der Waals surface area contributed by atoms with Crippen LogP contribution in [-0.4, -0.2) is 19.3 Å². The molecule has 100 valence electrons. The molecule has 4 heteroatoms. The summed E-state index contributed by atoms with van der Waals surface area (Å²) in [6, 6.07) is 5.86. The maximum absolute atomic E-state index is 6.30. The quantitative estimate of drug-likeness (QED) is 0.901. The molecule has 3 atom stereocenters. The molecule has 0 radical (unpaired) electrons. The SMILES string of the molecule is CCNC(c1cc(Cl)ccc1Cl)C1COC(C)C1. The molecule has 1 aromatic carbocycles. The molecule has 0 spiro atoms. The van der Waals surface area contributed by atoms with Crippen molar-refractivity contribution < 1.29 is 4.74 Å². The lowest BCUT2D eigenvalue weighted by atomic mass is 9.91. The fourth-order valence-corrected chi connectivity index (χ4v) is 3.00. The van der Waals surface area contributed by atoms with E-state index in [9.17, 15) is 0 Å². The highest BCUT2D eigenvalue weighted by atomic mass is 35.5. The highest BCUT2D eigenvalue weighted by molar-refractivity contribution is 6.33. The predicted molar refractivity (Wildman–Crippen MR) is 76.4 cm³/mol. The monoisotopic (exact) mass is 287 g/mol. The number of hydrogen-bond acceptors (Lipinski definition) is 2. The van der Waals surface area contributed by atoms with Crippen LogP contribution in [-0.2, 0) is 4.74 Å². The van der Waals surface area contributed by atoms with E-state index in [1.165, 1.54) is 0 Å². The van der Waals surface area contributed by atoms with Gasteiger partial charge in [-0.15, -0.1) is 0 Å². The predicted octanol–water partition coefficient (Wildman–Crippen LogP) is 4.07. The summed E-state index contributed by atoms with van der Waals surface area (Å²) in [7, 11) is 0. The molecule has 2 nitrogen and oxygen atoms in total. The van der Waals surface area contributed by atoms with Crippen LogP contribution in [0.2, 0.25) is 10.0 Å². The van der Waals surface area contributed by atoms with Gasteiger partial charge in [0.2, 0.25) is 0 Å². The number of nitrogens with one attached hydrogen (secondary N) is 1. The van der Waals surface area contributed by atoms with Crippen LogP contribution in [0.4, 0.5) is 0 Å². The minimum Gasteiger partial charge on any atom is -0.378 e. The Kier molecular flexibility index (Phi) is 4.91. The molecule has 2 rings (SSSR count). The van der Waals surface area contributed by atoms with Crippen LogP contribution in [0.5, 0.6) is 0 Å². The molecule has 0 bridgehead atoms. The number of hydrogen-bond donors (Lipinski definition) is 1. The number of rotatable bonds is 4. The minimum absolute atomic E-state index is 0.214. The van der Waals surface area contributed by atoms with Gasteiger partial charge >= 0.3 is 0 Å². The van der Waals surface area contributed by atoms with E-state index in [1.54, 1.807) is 0 Å². The van der Waals surface area contributed by atoms with Gasteiger partial charge in [-0.25, -0.2) is 0 Å². The van der Waals surface area contributed by atoms with Gasteiger partial charge in [0.1, 0.15) is 0 Å². The molecular weight excluding hydrogens is 269 g/mol. The van der Waals surface area contributed by atoms with Crippen LogP contribution < -0.4 is 5.32 Å². The first-order valence-corrected chi connectivity index (χ1v) is 7.17. The first-order chi connectivity index (χ1) is 8.61. The third-order valence-corrected chi connectivity index (χ3v) is 4.00. The zero-order chi connectivity index (χ0) is 13.1. The van der Waals surface area contributed by atoms with Crippen molar-refractivity contribution in [2.75, 3.05) is 13.2 Å². The Balaban J connectivity index is 2.26. The van der Waals surface area contributed by atoms with Crippen molar-refractivity contribution in [1.29, 1.82) is 0 Å². The molecule has 0 saturated carbocycles. The van der Waals surface area contributed by atoms with Gasteiger partial charge in [0.05, 0.1) is 12.7 Å². The number of ether oxygens (including phenoxy) is 1. The maximum Gasteiger partial charge on any atom is 0.0551 e. The lowest BCUT2D eigenvalue weighted by molar-refractivity contribution is 0.117. The van der Waals surface area contributed by atoms with E-state index in [4.69, 9.17) is 27.9 Å². The molecule has 18 heavy (non-hydrogen) atoms. The summed E-state index contributed by atoms with van der Waals surface area (Å²) >= 11 is 12.4. The van der Waals surface area contributed by atoms with Gasteiger partial charge in [-0.3, -0.25) is 0 Å². The Hall–Kier alpha value is -0.280. The van der Waals surface area contributed by atoms with E-state index in [2.05, 4.69) is 19.2 Å². The summed E-state index contributed by atoms with van der Waals surface area (Å²) in [4.78, 5) is 0. The zero-order valence-corrected chi connectivity index (χ0v) is 12.3. The van der Waals surface area contributed by atoms with Crippen molar-refractivity contribution in [3.05, 3.63) is 33.8 Å². The van der Waals surface area contributed by atoms with Crippen molar-refractivity contribution in [2.45, 2.75) is 32.4 Å². The minimum atomic E-state index is 0.214. The molecule has 0 amide bonds. The molecule has 0 aromatic heterocycles. The fourth-order valence-electron chi connectivity index (χ4n) is 2.59. The van der Waals surface area contributed by atoms with Gasteiger partial charge < -0.3 is 10.1 Å². The Morgan fingerprint density at radius 3 is 2.83 bits per heavy atom. The van der Waals surface area contributed by atoms with E-state index in [0.717, 1.165) is 35.2 Å². The van der Waals surface area contributed by atoms with Gasteiger partial charge in [0.25, 0.3) is 0 Å². The Morgan fingerprint density at radius 1 is 1.44 bits per heavy atom. The molecule has 1 aliphatic heterocycles. The number of halogens is 2. The molecule has 3 unspecified atom stereocenters. The van der Waals surface area contributed by atoms with E-state index >= 15 is 0 Å². The largest absolute Gasteiger partial charge is 0.378 e. The van der Waals surface area contributed by atoms with Crippen LogP contribution in [0.15, 0.2) is 18.2 Å². The second kappa shape index (κ2) is 6.25. The van der Waals surface area contributed by atoms with Crippen LogP contribution in [0.25, 0.3) is 0 Å². The van der Waals surface area contributed by atoms with Crippen molar-refractivity contribution in [1.82, 2.24) is 5.32 Å². The second-order valence-corrected chi connectivity index (χ2v) is 5.68. The van der Waals surface area contributed by atoms with E-state index < -0.39 is 0 Å². The highest BCUT2D eigenvalue weighted by Gasteiger charge is 2.31. The molecule has 1 heterocycles. The summed E-state index contributed by atoms with van der Waals surface area (Å²) in [6.07, 6.45) is 1.38. The van der Waals surface area contributed by atoms with Gasteiger partial charge in [-0.2, -0.15) is 0 Å². The Morgan fingerprint density at radius 2 is 2.22 bits per heavy atom. The van der Waals surface area contributed by atoms with Crippen LogP contribution in [0, 0.1) is 5.92 Å². The summed E-state index contributed by atoms with van der Waals surface area (Å²) in [6.45, 7) is 5.90. The van der Waals surface area contributed by atoms with Crippen molar-refractivity contribution in [3.8, 4) is 0 Å². The summed E-state index contributed by atoms with van der Waals surface area (Å²) in [5.41, 5.74) is 1.08. The van der Waals surface area contributed by atoms with Gasteiger partial charge in [0, 0.05) is 22.0 Å². The van der Waals surface area contributed by atoms with Crippen molar-refractivity contribution in [2.24, 2.45) is 5.92 Å². The Labute approximate surface area is 119 Å². The average molecular weight is 288 g/mol. The summed E-state index contributed by atoms with van der Waals surface area (Å²) < 4.78 is 5.67. The second-order valence-electron chi connectivity index (χ2n) is 4.84. The van der Waals surface area contributed by atoms with Crippen LogP contribution in [0.3, 0.4) is 0 Å². The van der Waals surface area contributed by atoms with Crippen molar-refractivity contribution >= 4 is 23.2 Å². The normalized spacial score (nSPS) is 25.3. The molecule has 1 aliphatic rings. The number of benzene rings is 1. The molecular formula is C14H19Cl2NO.